The minimum atomic E-state index is -0.670. The number of rotatable bonds is 2. The molecule has 0 aliphatic heterocycles. The molecule has 0 aliphatic rings. The van der Waals surface area contributed by atoms with Crippen LogP contribution in [0.3, 0.4) is 0 Å². The number of nitrogens with two attached hydrogens (primary N) is 1. The second kappa shape index (κ2) is 5.31. The molecule has 1 unspecified atom stereocenters. The number of nitrogens with one attached hydrogen (secondary N) is 2. The standard InChI is InChI=1S/C15H12BrN3O2/c16-10-4-1-8(2-5-10)13(17)9-3-6-11-12(7-9)19-15(21)14(20)18-11/h1-7,13H,17H2,(H,18,20)(H,19,21). The summed E-state index contributed by atoms with van der Waals surface area (Å²) in [5.74, 6) is 0. The second-order valence-corrected chi connectivity index (χ2v) is 5.66. The molecule has 1 aromatic heterocycles. The number of aromatic amines is 2. The van der Waals surface area contributed by atoms with Crippen molar-refractivity contribution < 1.29 is 0 Å². The Morgan fingerprint density at radius 2 is 1.43 bits per heavy atom. The zero-order chi connectivity index (χ0) is 15.0. The van der Waals surface area contributed by atoms with Gasteiger partial charge >= 0.3 is 11.1 Å². The quantitative estimate of drug-likeness (QED) is 0.620. The Balaban J connectivity index is 2.08. The number of halogens is 1. The number of H-pyrrole nitrogens is 2. The zero-order valence-corrected chi connectivity index (χ0v) is 12.5. The van der Waals surface area contributed by atoms with Gasteiger partial charge in [0.15, 0.2) is 0 Å². The van der Waals surface area contributed by atoms with Crippen LogP contribution in [0.2, 0.25) is 0 Å². The molecule has 0 saturated carbocycles. The van der Waals surface area contributed by atoms with E-state index in [2.05, 4.69) is 25.9 Å². The summed E-state index contributed by atoms with van der Waals surface area (Å²) < 4.78 is 0.985. The SMILES string of the molecule is NC(c1ccc(Br)cc1)c1ccc2[nH]c(=O)c(=O)[nH]c2c1. The van der Waals surface area contributed by atoms with Crippen molar-refractivity contribution in [2.75, 3.05) is 0 Å². The summed E-state index contributed by atoms with van der Waals surface area (Å²) in [7, 11) is 0. The van der Waals surface area contributed by atoms with E-state index in [1.165, 1.54) is 0 Å². The lowest BCUT2D eigenvalue weighted by Crippen LogP contribution is -2.29. The van der Waals surface area contributed by atoms with Crippen LogP contribution in [0, 0.1) is 0 Å². The number of fused-ring (bicyclic) bond motifs is 1. The number of benzene rings is 2. The Morgan fingerprint density at radius 3 is 2.10 bits per heavy atom. The first-order valence-electron chi connectivity index (χ1n) is 6.32. The maximum Gasteiger partial charge on any atom is 0.314 e. The summed E-state index contributed by atoms with van der Waals surface area (Å²) in [6, 6.07) is 12.8. The van der Waals surface area contributed by atoms with E-state index in [9.17, 15) is 9.59 Å². The van der Waals surface area contributed by atoms with Gasteiger partial charge in [0.1, 0.15) is 0 Å². The molecular weight excluding hydrogens is 334 g/mol. The van der Waals surface area contributed by atoms with Crippen molar-refractivity contribution in [3.8, 4) is 0 Å². The molecule has 3 rings (SSSR count). The smallest absolute Gasteiger partial charge is 0.314 e. The van der Waals surface area contributed by atoms with Gasteiger partial charge in [0.05, 0.1) is 17.1 Å². The maximum absolute atomic E-state index is 11.4. The summed E-state index contributed by atoms with van der Waals surface area (Å²) >= 11 is 3.38. The van der Waals surface area contributed by atoms with Crippen LogP contribution in [0.1, 0.15) is 17.2 Å². The van der Waals surface area contributed by atoms with Crippen LogP contribution in [0.15, 0.2) is 56.5 Å². The predicted molar refractivity (Wildman–Crippen MR) is 85.4 cm³/mol. The molecule has 0 fully saturated rings. The molecule has 6 heteroatoms. The minimum absolute atomic E-state index is 0.307. The van der Waals surface area contributed by atoms with E-state index in [0.29, 0.717) is 11.0 Å². The fourth-order valence-corrected chi connectivity index (χ4v) is 2.45. The third-order valence-electron chi connectivity index (χ3n) is 3.33. The van der Waals surface area contributed by atoms with Crippen LogP contribution < -0.4 is 16.9 Å². The first-order chi connectivity index (χ1) is 10.0. The largest absolute Gasteiger partial charge is 0.320 e. The van der Waals surface area contributed by atoms with E-state index in [-0.39, 0.29) is 6.04 Å². The molecule has 21 heavy (non-hydrogen) atoms. The molecule has 0 bridgehead atoms. The van der Waals surface area contributed by atoms with Crippen LogP contribution in [-0.2, 0) is 0 Å². The van der Waals surface area contributed by atoms with Gasteiger partial charge in [0, 0.05) is 4.47 Å². The fraction of sp³-hybridized carbons (Fsp3) is 0.0667. The van der Waals surface area contributed by atoms with E-state index in [1.807, 2.05) is 30.3 Å². The zero-order valence-electron chi connectivity index (χ0n) is 10.9. The van der Waals surface area contributed by atoms with Crippen LogP contribution in [0.5, 0.6) is 0 Å². The highest BCUT2D eigenvalue weighted by Gasteiger charge is 2.10. The number of hydrogen-bond donors (Lipinski definition) is 3. The molecular formula is C15H12BrN3O2. The van der Waals surface area contributed by atoms with Crippen molar-refractivity contribution in [3.05, 3.63) is 78.8 Å². The lowest BCUT2D eigenvalue weighted by molar-refractivity contribution is 0.872. The summed E-state index contributed by atoms with van der Waals surface area (Å²) in [5.41, 5.74) is 7.87. The van der Waals surface area contributed by atoms with Crippen LogP contribution in [0.25, 0.3) is 11.0 Å². The fourth-order valence-electron chi connectivity index (χ4n) is 2.19. The Labute approximate surface area is 128 Å². The first kappa shape index (κ1) is 13.8. The maximum atomic E-state index is 11.4. The Kier molecular flexibility index (Phi) is 3.48. The molecule has 5 nitrogen and oxygen atoms in total. The van der Waals surface area contributed by atoms with Gasteiger partial charge in [-0.1, -0.05) is 34.1 Å². The Bertz CT molecular complexity index is 913. The van der Waals surface area contributed by atoms with Crippen molar-refractivity contribution >= 4 is 27.0 Å². The van der Waals surface area contributed by atoms with E-state index in [4.69, 9.17) is 5.73 Å². The summed E-state index contributed by atoms with van der Waals surface area (Å²) in [6.45, 7) is 0. The lowest BCUT2D eigenvalue weighted by atomic mass is 9.99. The van der Waals surface area contributed by atoms with Gasteiger partial charge in [-0.2, -0.15) is 0 Å². The van der Waals surface area contributed by atoms with E-state index in [0.717, 1.165) is 15.6 Å². The van der Waals surface area contributed by atoms with E-state index < -0.39 is 11.1 Å². The molecule has 1 atom stereocenters. The summed E-state index contributed by atoms with van der Waals surface area (Å²) in [5, 5.41) is 0. The van der Waals surface area contributed by atoms with Crippen molar-refractivity contribution in [1.29, 1.82) is 0 Å². The van der Waals surface area contributed by atoms with Gasteiger partial charge in [-0.15, -0.1) is 0 Å². The van der Waals surface area contributed by atoms with Gasteiger partial charge in [-0.05, 0) is 35.4 Å². The van der Waals surface area contributed by atoms with Gasteiger partial charge < -0.3 is 15.7 Å². The summed E-state index contributed by atoms with van der Waals surface area (Å²) in [6.07, 6.45) is 0. The Morgan fingerprint density at radius 1 is 0.857 bits per heavy atom. The monoisotopic (exact) mass is 345 g/mol. The van der Waals surface area contributed by atoms with Crippen molar-refractivity contribution in [2.24, 2.45) is 5.73 Å². The molecule has 1 heterocycles. The van der Waals surface area contributed by atoms with Gasteiger partial charge in [0.25, 0.3) is 0 Å². The number of aromatic nitrogens is 2. The normalized spacial score (nSPS) is 12.5. The molecule has 2 aromatic carbocycles. The highest BCUT2D eigenvalue weighted by molar-refractivity contribution is 9.10. The first-order valence-corrected chi connectivity index (χ1v) is 7.11. The van der Waals surface area contributed by atoms with Crippen LogP contribution in [-0.4, -0.2) is 9.97 Å². The van der Waals surface area contributed by atoms with Crippen molar-refractivity contribution in [2.45, 2.75) is 6.04 Å². The Hall–Kier alpha value is -2.18. The highest BCUT2D eigenvalue weighted by Crippen LogP contribution is 2.23. The average molecular weight is 346 g/mol. The van der Waals surface area contributed by atoms with Crippen LogP contribution in [0.4, 0.5) is 0 Å². The molecule has 0 spiro atoms. The number of hydrogen-bond acceptors (Lipinski definition) is 3. The third kappa shape index (κ3) is 2.68. The predicted octanol–water partition coefficient (Wildman–Crippen LogP) is 2.03. The molecule has 106 valence electrons. The molecule has 0 aliphatic carbocycles. The molecule has 0 amide bonds. The van der Waals surface area contributed by atoms with E-state index >= 15 is 0 Å². The third-order valence-corrected chi connectivity index (χ3v) is 3.86. The van der Waals surface area contributed by atoms with Gasteiger partial charge in [0.2, 0.25) is 0 Å². The molecule has 3 aromatic rings. The van der Waals surface area contributed by atoms with Gasteiger partial charge in [-0.3, -0.25) is 9.59 Å². The second-order valence-electron chi connectivity index (χ2n) is 4.74. The molecule has 4 N–H and O–H groups in total. The van der Waals surface area contributed by atoms with Crippen molar-refractivity contribution in [3.63, 3.8) is 0 Å². The average Bonchev–Trinajstić information content (AvgIpc) is 2.48. The minimum Gasteiger partial charge on any atom is -0.320 e. The van der Waals surface area contributed by atoms with Crippen LogP contribution >= 0.6 is 15.9 Å². The highest BCUT2D eigenvalue weighted by atomic mass is 79.9. The summed E-state index contributed by atoms with van der Waals surface area (Å²) in [4.78, 5) is 27.7. The lowest BCUT2D eigenvalue weighted by Gasteiger charge is -2.13. The van der Waals surface area contributed by atoms with Gasteiger partial charge in [-0.25, -0.2) is 0 Å². The molecule has 0 saturated heterocycles. The van der Waals surface area contributed by atoms with Crippen molar-refractivity contribution in [1.82, 2.24) is 9.97 Å². The topological polar surface area (TPSA) is 91.7 Å². The molecule has 0 radical (unpaired) electrons. The van der Waals surface area contributed by atoms with E-state index in [1.54, 1.807) is 12.1 Å².